The molecule has 140 valence electrons. The van der Waals surface area contributed by atoms with Crippen molar-refractivity contribution in [1.82, 2.24) is 10.2 Å². The van der Waals surface area contributed by atoms with Crippen LogP contribution >= 0.6 is 11.6 Å². The van der Waals surface area contributed by atoms with Crippen LogP contribution in [0.25, 0.3) is 11.3 Å². The number of methoxy groups -OCH3 is 1. The first-order valence-electron chi connectivity index (χ1n) is 8.50. The van der Waals surface area contributed by atoms with Crippen molar-refractivity contribution in [1.29, 1.82) is 0 Å². The van der Waals surface area contributed by atoms with Crippen LogP contribution in [-0.4, -0.2) is 29.8 Å². The molecule has 7 heteroatoms. The lowest BCUT2D eigenvalue weighted by Gasteiger charge is -2.10. The van der Waals surface area contributed by atoms with Gasteiger partial charge in [-0.3, -0.25) is 9.89 Å². The van der Waals surface area contributed by atoms with E-state index >= 15 is 0 Å². The normalized spacial score (nSPS) is 10.5. The molecule has 2 aromatic carbocycles. The van der Waals surface area contributed by atoms with E-state index in [-0.39, 0.29) is 12.5 Å². The molecule has 0 fully saturated rings. The number of aromatic amines is 1. The molecule has 0 aliphatic rings. The molecule has 27 heavy (non-hydrogen) atoms. The van der Waals surface area contributed by atoms with Crippen LogP contribution in [-0.2, 0) is 11.2 Å². The molecular formula is C20H20ClN3O3. The van der Waals surface area contributed by atoms with Gasteiger partial charge in [-0.2, -0.15) is 5.10 Å². The van der Waals surface area contributed by atoms with Gasteiger partial charge in [-0.1, -0.05) is 18.5 Å². The van der Waals surface area contributed by atoms with Crippen LogP contribution in [0, 0.1) is 0 Å². The number of carbonyl (C=O) groups is 1. The van der Waals surface area contributed by atoms with Gasteiger partial charge >= 0.3 is 0 Å². The summed E-state index contributed by atoms with van der Waals surface area (Å²) >= 11 is 5.84. The highest BCUT2D eigenvalue weighted by molar-refractivity contribution is 6.30. The zero-order chi connectivity index (χ0) is 19.2. The number of nitrogens with zero attached hydrogens (tertiary/aromatic N) is 1. The largest absolute Gasteiger partial charge is 0.497 e. The van der Waals surface area contributed by atoms with Gasteiger partial charge in [0.1, 0.15) is 17.2 Å². The Hall–Kier alpha value is -2.99. The van der Waals surface area contributed by atoms with Gasteiger partial charge in [-0.25, -0.2) is 0 Å². The first-order chi connectivity index (χ1) is 13.1. The Kier molecular flexibility index (Phi) is 5.98. The zero-order valence-corrected chi connectivity index (χ0v) is 15.8. The van der Waals surface area contributed by atoms with Crippen molar-refractivity contribution < 1.29 is 14.3 Å². The SMILES string of the molecule is CCc1[nH]nc(-c2ccc(OC)cc2)c1NC(=O)COc1ccc(Cl)cc1. The van der Waals surface area contributed by atoms with E-state index in [4.69, 9.17) is 21.1 Å². The van der Waals surface area contributed by atoms with Crippen molar-refractivity contribution in [2.24, 2.45) is 0 Å². The fraction of sp³-hybridized carbons (Fsp3) is 0.200. The number of amides is 1. The summed E-state index contributed by atoms with van der Waals surface area (Å²) in [5, 5.41) is 10.9. The monoisotopic (exact) mass is 385 g/mol. The number of H-pyrrole nitrogens is 1. The highest BCUT2D eigenvalue weighted by Gasteiger charge is 2.17. The molecule has 3 aromatic rings. The number of aryl methyl sites for hydroxylation is 1. The van der Waals surface area contributed by atoms with E-state index in [0.29, 0.717) is 28.6 Å². The Morgan fingerprint density at radius 3 is 2.41 bits per heavy atom. The summed E-state index contributed by atoms with van der Waals surface area (Å²) in [5.74, 6) is 1.07. The van der Waals surface area contributed by atoms with Crippen LogP contribution in [0.1, 0.15) is 12.6 Å². The van der Waals surface area contributed by atoms with Crippen LogP contribution < -0.4 is 14.8 Å². The van der Waals surface area contributed by atoms with Gasteiger partial charge in [-0.15, -0.1) is 0 Å². The number of nitrogens with one attached hydrogen (secondary N) is 2. The van der Waals surface area contributed by atoms with Crippen molar-refractivity contribution >= 4 is 23.2 Å². The molecule has 0 atom stereocenters. The smallest absolute Gasteiger partial charge is 0.262 e. The molecule has 0 radical (unpaired) electrons. The van der Waals surface area contributed by atoms with E-state index in [0.717, 1.165) is 17.0 Å². The second kappa shape index (κ2) is 8.60. The topological polar surface area (TPSA) is 76.2 Å². The average Bonchev–Trinajstić information content (AvgIpc) is 3.10. The third-order valence-corrected chi connectivity index (χ3v) is 4.26. The van der Waals surface area contributed by atoms with E-state index in [1.54, 1.807) is 31.4 Å². The number of carbonyl (C=O) groups excluding carboxylic acids is 1. The second-order valence-electron chi connectivity index (χ2n) is 5.80. The molecule has 1 amide bonds. The molecule has 6 nitrogen and oxygen atoms in total. The van der Waals surface area contributed by atoms with Gasteiger partial charge in [0.15, 0.2) is 6.61 Å². The van der Waals surface area contributed by atoms with E-state index in [1.165, 1.54) is 0 Å². The number of benzene rings is 2. The fourth-order valence-corrected chi connectivity index (χ4v) is 2.71. The van der Waals surface area contributed by atoms with Crippen LogP contribution in [0.5, 0.6) is 11.5 Å². The van der Waals surface area contributed by atoms with Gasteiger partial charge in [-0.05, 0) is 55.0 Å². The summed E-state index contributed by atoms with van der Waals surface area (Å²) < 4.78 is 10.7. The molecule has 0 aliphatic carbocycles. The summed E-state index contributed by atoms with van der Waals surface area (Å²) in [6.07, 6.45) is 0.705. The highest BCUT2D eigenvalue weighted by Crippen LogP contribution is 2.30. The summed E-state index contributed by atoms with van der Waals surface area (Å²) in [5.41, 5.74) is 3.06. The Labute approximate surface area is 162 Å². The molecule has 3 rings (SSSR count). The maximum atomic E-state index is 12.4. The molecule has 2 N–H and O–H groups in total. The number of halogens is 1. The molecule has 1 heterocycles. The minimum atomic E-state index is -0.268. The summed E-state index contributed by atoms with van der Waals surface area (Å²) in [4.78, 5) is 12.4. The molecule has 0 aliphatic heterocycles. The number of anilines is 1. The number of ether oxygens (including phenoxy) is 2. The molecule has 0 bridgehead atoms. The molecule has 1 aromatic heterocycles. The van der Waals surface area contributed by atoms with Gasteiger partial charge < -0.3 is 14.8 Å². The van der Waals surface area contributed by atoms with Crippen molar-refractivity contribution in [3.05, 3.63) is 59.2 Å². The van der Waals surface area contributed by atoms with E-state index < -0.39 is 0 Å². The molecule has 0 unspecified atom stereocenters. The third kappa shape index (κ3) is 4.60. The van der Waals surface area contributed by atoms with Crippen molar-refractivity contribution in [2.75, 3.05) is 19.0 Å². The van der Waals surface area contributed by atoms with Gasteiger partial charge in [0, 0.05) is 10.6 Å². The lowest BCUT2D eigenvalue weighted by Crippen LogP contribution is -2.21. The lowest BCUT2D eigenvalue weighted by atomic mass is 10.1. The lowest BCUT2D eigenvalue weighted by molar-refractivity contribution is -0.118. The van der Waals surface area contributed by atoms with Crippen molar-refractivity contribution in [3.8, 4) is 22.8 Å². The van der Waals surface area contributed by atoms with E-state index in [1.807, 2.05) is 31.2 Å². The molecule has 0 saturated carbocycles. The number of aromatic nitrogens is 2. The standard InChI is InChI=1S/C20H20ClN3O3/c1-3-17-20(19(24-23-17)13-4-8-15(26-2)9-5-13)22-18(25)12-27-16-10-6-14(21)7-11-16/h4-11H,3,12H2,1-2H3,(H,22,25)(H,23,24). The number of rotatable bonds is 7. The average molecular weight is 386 g/mol. The van der Waals surface area contributed by atoms with Crippen LogP contribution in [0.2, 0.25) is 5.02 Å². The number of hydrogen-bond donors (Lipinski definition) is 2. The predicted octanol–water partition coefficient (Wildman–Crippen LogP) is 4.32. The Bertz CT molecular complexity index is 905. The summed E-state index contributed by atoms with van der Waals surface area (Å²) in [6, 6.07) is 14.4. The summed E-state index contributed by atoms with van der Waals surface area (Å²) in [6.45, 7) is 1.88. The Morgan fingerprint density at radius 1 is 1.11 bits per heavy atom. The first kappa shape index (κ1) is 18.8. The molecular weight excluding hydrogens is 366 g/mol. The minimum Gasteiger partial charge on any atom is -0.497 e. The molecule has 0 spiro atoms. The van der Waals surface area contributed by atoms with Crippen LogP contribution in [0.4, 0.5) is 5.69 Å². The number of hydrogen-bond acceptors (Lipinski definition) is 4. The summed E-state index contributed by atoms with van der Waals surface area (Å²) in [7, 11) is 1.62. The van der Waals surface area contributed by atoms with Gasteiger partial charge in [0.05, 0.1) is 18.5 Å². The van der Waals surface area contributed by atoms with E-state index in [2.05, 4.69) is 15.5 Å². The van der Waals surface area contributed by atoms with E-state index in [9.17, 15) is 4.79 Å². The molecule has 0 saturated heterocycles. The Balaban J connectivity index is 1.73. The second-order valence-corrected chi connectivity index (χ2v) is 6.24. The van der Waals surface area contributed by atoms with Gasteiger partial charge in [0.2, 0.25) is 0 Å². The van der Waals surface area contributed by atoms with Crippen molar-refractivity contribution in [2.45, 2.75) is 13.3 Å². The first-order valence-corrected chi connectivity index (χ1v) is 8.88. The maximum absolute atomic E-state index is 12.4. The predicted molar refractivity (Wildman–Crippen MR) is 106 cm³/mol. The van der Waals surface area contributed by atoms with Crippen molar-refractivity contribution in [3.63, 3.8) is 0 Å². The highest BCUT2D eigenvalue weighted by atomic mass is 35.5. The van der Waals surface area contributed by atoms with Crippen LogP contribution in [0.15, 0.2) is 48.5 Å². The quantitative estimate of drug-likeness (QED) is 0.635. The zero-order valence-electron chi connectivity index (χ0n) is 15.1. The third-order valence-electron chi connectivity index (χ3n) is 4.01. The minimum absolute atomic E-state index is 0.113. The Morgan fingerprint density at radius 2 is 1.78 bits per heavy atom. The van der Waals surface area contributed by atoms with Gasteiger partial charge in [0.25, 0.3) is 5.91 Å². The maximum Gasteiger partial charge on any atom is 0.262 e. The fourth-order valence-electron chi connectivity index (χ4n) is 2.58. The van der Waals surface area contributed by atoms with Crippen LogP contribution in [0.3, 0.4) is 0 Å².